The zero-order valence-corrected chi connectivity index (χ0v) is 21.0. The van der Waals surface area contributed by atoms with E-state index in [0.29, 0.717) is 30.7 Å². The average molecular weight is 475 g/mol. The zero-order valence-electron chi connectivity index (χ0n) is 19.4. The van der Waals surface area contributed by atoms with Gasteiger partial charge in [-0.25, -0.2) is 12.7 Å². The Balaban J connectivity index is 2.00. The normalized spacial score (nSPS) is 17.9. The molecule has 1 aromatic carbocycles. The minimum absolute atomic E-state index is 0.300. The van der Waals surface area contributed by atoms with Gasteiger partial charge >= 0.3 is 10.2 Å². The van der Waals surface area contributed by atoms with Crippen molar-refractivity contribution < 1.29 is 16.8 Å². The Morgan fingerprint density at radius 3 is 2.35 bits per heavy atom. The van der Waals surface area contributed by atoms with Gasteiger partial charge in [0, 0.05) is 39.8 Å². The van der Waals surface area contributed by atoms with Gasteiger partial charge in [0.1, 0.15) is 0 Å². The molecule has 8 nitrogen and oxygen atoms in total. The van der Waals surface area contributed by atoms with Crippen LogP contribution in [0.3, 0.4) is 0 Å². The van der Waals surface area contributed by atoms with Gasteiger partial charge in [-0.15, -0.1) is 0 Å². The Hall–Kier alpha value is -1.20. The van der Waals surface area contributed by atoms with Crippen LogP contribution >= 0.6 is 0 Å². The standard InChI is InChI=1S/C21H38N4O4S2/c1-6-12-24(17-19-10-13-25(14-11-19)30(5,26)27)18(2)15-20-8-7-9-21(16-20)22-31(28,29)23(3)4/h7-9,16,18-19,22H,6,10-15,17H2,1-5H3. The summed E-state index contributed by atoms with van der Waals surface area (Å²) in [6, 6.07) is 7.86. The van der Waals surface area contributed by atoms with Crippen LogP contribution in [0.2, 0.25) is 0 Å². The van der Waals surface area contributed by atoms with E-state index in [1.165, 1.54) is 20.4 Å². The lowest BCUT2D eigenvalue weighted by molar-refractivity contribution is 0.146. The van der Waals surface area contributed by atoms with Crippen LogP contribution < -0.4 is 4.72 Å². The van der Waals surface area contributed by atoms with E-state index in [2.05, 4.69) is 23.5 Å². The van der Waals surface area contributed by atoms with Crippen molar-refractivity contribution in [2.75, 3.05) is 51.3 Å². The van der Waals surface area contributed by atoms with E-state index >= 15 is 0 Å². The van der Waals surface area contributed by atoms with Crippen LogP contribution in [-0.4, -0.2) is 82.9 Å². The number of nitrogens with zero attached hydrogens (tertiary/aromatic N) is 3. The van der Waals surface area contributed by atoms with Crippen LogP contribution in [0.15, 0.2) is 24.3 Å². The molecule has 31 heavy (non-hydrogen) atoms. The van der Waals surface area contributed by atoms with Crippen molar-refractivity contribution >= 4 is 25.9 Å². The molecule has 1 atom stereocenters. The van der Waals surface area contributed by atoms with Gasteiger partial charge in [0.25, 0.3) is 0 Å². The Morgan fingerprint density at radius 2 is 1.81 bits per heavy atom. The predicted octanol–water partition coefficient (Wildman–Crippen LogP) is 2.22. The second kappa shape index (κ2) is 11.1. The first-order valence-electron chi connectivity index (χ1n) is 10.9. The molecule has 0 spiro atoms. The second-order valence-corrected chi connectivity index (χ2v) is 12.6. The minimum atomic E-state index is -3.53. The Bertz CT molecular complexity index is 911. The zero-order chi connectivity index (χ0) is 23.2. The molecule has 1 aliphatic heterocycles. The maximum absolute atomic E-state index is 12.1. The lowest BCUT2D eigenvalue weighted by atomic mass is 9.96. The topological polar surface area (TPSA) is 90.0 Å². The van der Waals surface area contributed by atoms with E-state index in [4.69, 9.17) is 0 Å². The number of benzene rings is 1. The Kier molecular flexibility index (Phi) is 9.32. The molecular weight excluding hydrogens is 436 g/mol. The molecule has 0 aliphatic carbocycles. The molecule has 1 unspecified atom stereocenters. The van der Waals surface area contributed by atoms with E-state index in [9.17, 15) is 16.8 Å². The molecule has 1 fully saturated rings. The fraction of sp³-hybridized carbons (Fsp3) is 0.714. The molecule has 10 heteroatoms. The van der Waals surface area contributed by atoms with Crippen molar-refractivity contribution in [2.45, 2.75) is 45.6 Å². The number of anilines is 1. The van der Waals surface area contributed by atoms with Gasteiger partial charge in [-0.05, 0) is 62.8 Å². The van der Waals surface area contributed by atoms with Crippen LogP contribution in [0.5, 0.6) is 0 Å². The average Bonchev–Trinajstić information content (AvgIpc) is 2.67. The monoisotopic (exact) mass is 474 g/mol. The van der Waals surface area contributed by atoms with Crippen molar-refractivity contribution in [3.63, 3.8) is 0 Å². The van der Waals surface area contributed by atoms with Crippen molar-refractivity contribution in [3.8, 4) is 0 Å². The molecule has 0 aromatic heterocycles. The summed E-state index contributed by atoms with van der Waals surface area (Å²) in [7, 11) is -3.63. The molecule has 178 valence electrons. The Labute approximate surface area is 188 Å². The van der Waals surface area contributed by atoms with Crippen LogP contribution in [0, 0.1) is 5.92 Å². The third-order valence-electron chi connectivity index (χ3n) is 5.86. The quantitative estimate of drug-likeness (QED) is 0.531. The van der Waals surface area contributed by atoms with E-state index < -0.39 is 20.2 Å². The summed E-state index contributed by atoms with van der Waals surface area (Å²) >= 11 is 0. The highest BCUT2D eigenvalue weighted by Crippen LogP contribution is 2.23. The molecule has 0 radical (unpaired) electrons. The highest BCUT2D eigenvalue weighted by atomic mass is 32.2. The molecule has 1 aliphatic rings. The number of nitrogens with one attached hydrogen (secondary N) is 1. The third-order valence-corrected chi connectivity index (χ3v) is 8.61. The number of piperidine rings is 1. The lowest BCUT2D eigenvalue weighted by Gasteiger charge is -2.36. The predicted molar refractivity (Wildman–Crippen MR) is 127 cm³/mol. The van der Waals surface area contributed by atoms with Gasteiger partial charge in [0.05, 0.1) is 11.9 Å². The second-order valence-electron chi connectivity index (χ2n) is 8.74. The molecule has 0 saturated carbocycles. The smallest absolute Gasteiger partial charge is 0.300 e. The van der Waals surface area contributed by atoms with Crippen LogP contribution in [-0.2, 0) is 26.7 Å². The first-order chi connectivity index (χ1) is 14.4. The Morgan fingerprint density at radius 1 is 1.16 bits per heavy atom. The molecule has 0 amide bonds. The van der Waals surface area contributed by atoms with Crippen LogP contribution in [0.4, 0.5) is 5.69 Å². The fourth-order valence-corrected chi connectivity index (χ4v) is 5.49. The number of hydrogen-bond acceptors (Lipinski definition) is 5. The summed E-state index contributed by atoms with van der Waals surface area (Å²) in [4.78, 5) is 2.48. The summed E-state index contributed by atoms with van der Waals surface area (Å²) in [6.45, 7) is 7.53. The first kappa shape index (κ1) is 26.1. The van der Waals surface area contributed by atoms with Gasteiger partial charge in [-0.2, -0.15) is 12.7 Å². The van der Waals surface area contributed by atoms with E-state index in [0.717, 1.165) is 48.6 Å². The van der Waals surface area contributed by atoms with Crippen molar-refractivity contribution in [1.29, 1.82) is 0 Å². The van der Waals surface area contributed by atoms with Crippen molar-refractivity contribution in [3.05, 3.63) is 29.8 Å². The number of sulfonamides is 1. The van der Waals surface area contributed by atoms with Crippen molar-refractivity contribution in [1.82, 2.24) is 13.5 Å². The maximum Gasteiger partial charge on any atom is 0.301 e. The molecule has 0 bridgehead atoms. The molecule has 2 rings (SSSR count). The fourth-order valence-electron chi connectivity index (χ4n) is 4.01. The highest BCUT2D eigenvalue weighted by molar-refractivity contribution is 7.90. The number of rotatable bonds is 11. The summed E-state index contributed by atoms with van der Waals surface area (Å²) in [5, 5.41) is 0. The summed E-state index contributed by atoms with van der Waals surface area (Å²) in [6.07, 6.45) is 4.93. The summed E-state index contributed by atoms with van der Waals surface area (Å²) in [5.41, 5.74) is 1.65. The molecule has 1 aromatic rings. The highest BCUT2D eigenvalue weighted by Gasteiger charge is 2.27. The largest absolute Gasteiger partial charge is 0.301 e. The lowest BCUT2D eigenvalue weighted by Crippen LogP contribution is -2.44. The minimum Gasteiger partial charge on any atom is -0.300 e. The van der Waals surface area contributed by atoms with Crippen LogP contribution in [0.25, 0.3) is 0 Å². The SMILES string of the molecule is CCCN(CC1CCN(S(C)(=O)=O)CC1)C(C)Cc1cccc(NS(=O)(=O)N(C)C)c1. The van der Waals surface area contributed by atoms with Crippen LogP contribution in [0.1, 0.15) is 38.7 Å². The van der Waals surface area contributed by atoms with Gasteiger partial charge < -0.3 is 4.90 Å². The summed E-state index contributed by atoms with van der Waals surface area (Å²) in [5.74, 6) is 0.491. The van der Waals surface area contributed by atoms with Gasteiger partial charge in [0.15, 0.2) is 0 Å². The van der Waals surface area contributed by atoms with E-state index in [1.807, 2.05) is 18.2 Å². The maximum atomic E-state index is 12.1. The van der Waals surface area contributed by atoms with E-state index in [-0.39, 0.29) is 0 Å². The van der Waals surface area contributed by atoms with Crippen molar-refractivity contribution in [2.24, 2.45) is 5.92 Å². The number of hydrogen-bond donors (Lipinski definition) is 1. The summed E-state index contributed by atoms with van der Waals surface area (Å²) < 4.78 is 53.0. The van der Waals surface area contributed by atoms with Gasteiger partial charge in [-0.1, -0.05) is 19.1 Å². The molecular formula is C21H38N4O4S2. The van der Waals surface area contributed by atoms with Gasteiger partial charge in [-0.3, -0.25) is 4.72 Å². The molecule has 1 N–H and O–H groups in total. The third kappa shape index (κ3) is 8.02. The van der Waals surface area contributed by atoms with Gasteiger partial charge in [0.2, 0.25) is 10.0 Å². The molecule has 1 saturated heterocycles. The molecule has 1 heterocycles. The first-order valence-corrected chi connectivity index (χ1v) is 14.2. The van der Waals surface area contributed by atoms with E-state index in [1.54, 1.807) is 10.4 Å².